The van der Waals surface area contributed by atoms with Gasteiger partial charge in [-0.05, 0) is 74.1 Å². The number of benzene rings is 2. The van der Waals surface area contributed by atoms with Crippen LogP contribution in [0.1, 0.15) is 46.9 Å². The number of anilines is 1. The van der Waals surface area contributed by atoms with Crippen LogP contribution in [0.5, 0.6) is 11.5 Å². The van der Waals surface area contributed by atoms with Gasteiger partial charge in [-0.15, -0.1) is 11.3 Å². The van der Waals surface area contributed by atoms with E-state index in [1.54, 1.807) is 36.4 Å². The Morgan fingerprint density at radius 2 is 1.92 bits per heavy atom. The van der Waals surface area contributed by atoms with E-state index in [-0.39, 0.29) is 12.2 Å². The number of thiophene rings is 1. The second kappa shape index (κ2) is 12.2. The topological polar surface area (TPSA) is 95.1 Å². The zero-order valence-electron chi connectivity index (χ0n) is 20.1. The molecule has 9 heteroatoms. The van der Waals surface area contributed by atoms with Crippen LogP contribution in [0.15, 0.2) is 42.0 Å². The summed E-state index contributed by atoms with van der Waals surface area (Å²) in [6, 6.07) is 14.5. The Hall–Kier alpha value is -3.49. The maximum Gasteiger partial charge on any atom is 0.266 e. The van der Waals surface area contributed by atoms with E-state index in [1.165, 1.54) is 17.4 Å². The largest absolute Gasteiger partial charge is 0.490 e. The lowest BCUT2D eigenvalue weighted by Gasteiger charge is -2.13. The van der Waals surface area contributed by atoms with E-state index in [0.29, 0.717) is 44.3 Å². The fourth-order valence-corrected chi connectivity index (χ4v) is 5.75. The zero-order valence-corrected chi connectivity index (χ0v) is 22.4. The molecule has 0 fully saturated rings. The van der Waals surface area contributed by atoms with Crippen molar-refractivity contribution in [1.82, 2.24) is 0 Å². The van der Waals surface area contributed by atoms with Crippen LogP contribution < -0.4 is 14.8 Å². The van der Waals surface area contributed by atoms with Crippen molar-refractivity contribution in [3.63, 3.8) is 0 Å². The Balaban J connectivity index is 1.53. The first-order valence-corrected chi connectivity index (χ1v) is 13.3. The third-order valence-corrected chi connectivity index (χ3v) is 7.65. The molecule has 0 saturated carbocycles. The first-order valence-electron chi connectivity index (χ1n) is 11.7. The molecule has 0 spiro atoms. The molecule has 1 heterocycles. The summed E-state index contributed by atoms with van der Waals surface area (Å²) in [5, 5.41) is 23.7. The fourth-order valence-electron chi connectivity index (χ4n) is 4.05. The summed E-state index contributed by atoms with van der Waals surface area (Å²) >= 11 is 13.6. The number of carbonyl (C=O) groups is 1. The van der Waals surface area contributed by atoms with Crippen LogP contribution >= 0.6 is 34.5 Å². The van der Waals surface area contributed by atoms with E-state index < -0.39 is 5.91 Å². The van der Waals surface area contributed by atoms with Crippen molar-refractivity contribution >= 4 is 51.5 Å². The quantitative estimate of drug-likeness (QED) is 0.233. The van der Waals surface area contributed by atoms with Gasteiger partial charge in [0.2, 0.25) is 0 Å². The van der Waals surface area contributed by atoms with E-state index in [4.69, 9.17) is 32.7 Å². The predicted molar refractivity (Wildman–Crippen MR) is 146 cm³/mol. The first-order chi connectivity index (χ1) is 17.9. The van der Waals surface area contributed by atoms with E-state index >= 15 is 0 Å². The van der Waals surface area contributed by atoms with Gasteiger partial charge in [-0.2, -0.15) is 10.5 Å². The molecule has 188 valence electrons. The number of fused-ring (bicyclic) bond motifs is 1. The number of nitrogens with one attached hydrogen (secondary N) is 1. The summed E-state index contributed by atoms with van der Waals surface area (Å²) in [4.78, 5) is 14.1. The average Bonchev–Trinajstić information content (AvgIpc) is 3.24. The summed E-state index contributed by atoms with van der Waals surface area (Å²) in [6.45, 7) is 2.46. The number of aryl methyl sites for hydroxylation is 1. The van der Waals surface area contributed by atoms with Gasteiger partial charge < -0.3 is 14.8 Å². The SMILES string of the molecule is CCOc1cc(/C=C(\C#N)C(=O)Nc2sc3c(c2C#N)CCCC3)ccc1OCc1ccc(Cl)cc1Cl. The van der Waals surface area contributed by atoms with Crippen molar-refractivity contribution in [3.8, 4) is 23.6 Å². The molecule has 0 unspecified atom stereocenters. The number of carbonyl (C=O) groups excluding carboxylic acids is 1. The van der Waals surface area contributed by atoms with Crippen molar-refractivity contribution in [1.29, 1.82) is 10.5 Å². The van der Waals surface area contributed by atoms with E-state index in [9.17, 15) is 15.3 Å². The molecule has 0 atom stereocenters. The lowest BCUT2D eigenvalue weighted by Crippen LogP contribution is -2.13. The number of ether oxygens (including phenoxy) is 2. The average molecular weight is 552 g/mol. The van der Waals surface area contributed by atoms with Crippen molar-refractivity contribution < 1.29 is 14.3 Å². The van der Waals surface area contributed by atoms with Gasteiger partial charge in [0.15, 0.2) is 11.5 Å². The minimum Gasteiger partial charge on any atom is -0.490 e. The summed E-state index contributed by atoms with van der Waals surface area (Å²) < 4.78 is 11.7. The summed E-state index contributed by atoms with van der Waals surface area (Å²) in [6.07, 6.45) is 5.33. The molecule has 1 aliphatic rings. The molecule has 6 nitrogen and oxygen atoms in total. The molecule has 1 aliphatic carbocycles. The van der Waals surface area contributed by atoms with Gasteiger partial charge in [0, 0.05) is 20.5 Å². The molecule has 3 aromatic rings. The molecule has 4 rings (SSSR count). The molecule has 1 amide bonds. The van der Waals surface area contributed by atoms with Gasteiger partial charge in [0.25, 0.3) is 5.91 Å². The zero-order chi connectivity index (χ0) is 26.4. The van der Waals surface area contributed by atoms with Crippen LogP contribution in [-0.2, 0) is 24.2 Å². The Labute approximate surface area is 229 Å². The number of halogens is 2. The molecular formula is C28H23Cl2N3O3S. The number of rotatable bonds is 8. The Morgan fingerprint density at radius 1 is 1.11 bits per heavy atom. The highest BCUT2D eigenvalue weighted by Gasteiger charge is 2.23. The molecule has 0 saturated heterocycles. The van der Waals surface area contributed by atoms with Gasteiger partial charge in [0.05, 0.1) is 12.2 Å². The van der Waals surface area contributed by atoms with Crippen LogP contribution in [-0.4, -0.2) is 12.5 Å². The standard InChI is InChI=1S/C28H23Cl2N3O3S/c1-2-35-25-12-17(7-10-24(25)36-16-18-8-9-20(29)13-23(18)30)11-19(14-31)27(34)33-28-22(15-32)21-5-3-4-6-26(21)37-28/h7-13H,2-6,16H2,1H3,(H,33,34)/b19-11+. The highest BCUT2D eigenvalue weighted by Crippen LogP contribution is 2.38. The highest BCUT2D eigenvalue weighted by molar-refractivity contribution is 7.16. The second-order valence-corrected chi connectivity index (χ2v) is 10.3. The van der Waals surface area contributed by atoms with Gasteiger partial charge in [-0.3, -0.25) is 4.79 Å². The third-order valence-electron chi connectivity index (χ3n) is 5.85. The molecule has 2 aromatic carbocycles. The van der Waals surface area contributed by atoms with E-state index in [0.717, 1.165) is 41.7 Å². The molecule has 1 N–H and O–H groups in total. The number of amides is 1. The van der Waals surface area contributed by atoms with Gasteiger partial charge in [-0.25, -0.2) is 0 Å². The number of hydrogen-bond acceptors (Lipinski definition) is 6. The molecule has 0 aliphatic heterocycles. The Morgan fingerprint density at radius 3 is 2.65 bits per heavy atom. The van der Waals surface area contributed by atoms with Crippen LogP contribution in [0.4, 0.5) is 5.00 Å². The van der Waals surface area contributed by atoms with E-state index in [1.807, 2.05) is 13.0 Å². The fraction of sp³-hybridized carbons (Fsp3) is 0.250. The third kappa shape index (κ3) is 6.26. The molecule has 37 heavy (non-hydrogen) atoms. The smallest absolute Gasteiger partial charge is 0.266 e. The first kappa shape index (κ1) is 26.6. The monoisotopic (exact) mass is 551 g/mol. The van der Waals surface area contributed by atoms with Crippen molar-refractivity contribution in [2.75, 3.05) is 11.9 Å². The van der Waals surface area contributed by atoms with Gasteiger partial charge in [-0.1, -0.05) is 35.3 Å². The van der Waals surface area contributed by atoms with Crippen molar-refractivity contribution in [3.05, 3.63) is 79.1 Å². The molecular weight excluding hydrogens is 529 g/mol. The van der Waals surface area contributed by atoms with Crippen LogP contribution in [0.2, 0.25) is 10.0 Å². The minimum absolute atomic E-state index is 0.0840. The van der Waals surface area contributed by atoms with Crippen LogP contribution in [0.25, 0.3) is 6.08 Å². The normalized spacial score (nSPS) is 12.7. The van der Waals surface area contributed by atoms with Crippen molar-refractivity contribution in [2.45, 2.75) is 39.2 Å². The minimum atomic E-state index is -0.562. The highest BCUT2D eigenvalue weighted by atomic mass is 35.5. The predicted octanol–water partition coefficient (Wildman–Crippen LogP) is 7.33. The number of nitriles is 2. The van der Waals surface area contributed by atoms with Crippen LogP contribution in [0, 0.1) is 22.7 Å². The lowest BCUT2D eigenvalue weighted by atomic mass is 9.96. The van der Waals surface area contributed by atoms with Gasteiger partial charge in [0.1, 0.15) is 29.3 Å². The second-order valence-electron chi connectivity index (χ2n) is 8.31. The van der Waals surface area contributed by atoms with Crippen molar-refractivity contribution in [2.24, 2.45) is 0 Å². The summed E-state index contributed by atoms with van der Waals surface area (Å²) in [5.41, 5.74) is 2.81. The maximum absolute atomic E-state index is 12.9. The number of nitrogens with zero attached hydrogens (tertiary/aromatic N) is 2. The summed E-state index contributed by atoms with van der Waals surface area (Å²) in [5.74, 6) is 0.404. The summed E-state index contributed by atoms with van der Waals surface area (Å²) in [7, 11) is 0. The van der Waals surface area contributed by atoms with E-state index in [2.05, 4.69) is 11.4 Å². The maximum atomic E-state index is 12.9. The molecule has 1 aromatic heterocycles. The number of hydrogen-bond donors (Lipinski definition) is 1. The molecule has 0 radical (unpaired) electrons. The lowest BCUT2D eigenvalue weighted by molar-refractivity contribution is -0.112. The molecule has 0 bridgehead atoms. The van der Waals surface area contributed by atoms with Crippen LogP contribution in [0.3, 0.4) is 0 Å². The Bertz CT molecular complexity index is 1450. The Kier molecular flexibility index (Phi) is 8.74. The van der Waals surface area contributed by atoms with Gasteiger partial charge >= 0.3 is 0 Å².